The van der Waals surface area contributed by atoms with Crippen LogP contribution in [0.2, 0.25) is 0 Å². The molecule has 1 atom stereocenters. The van der Waals surface area contributed by atoms with Gasteiger partial charge in [-0.1, -0.05) is 75.1 Å². The number of allylic oxidation sites excluding steroid dienone is 2. The lowest BCUT2D eigenvalue weighted by atomic mass is 10.1. The first-order valence-electron chi connectivity index (χ1n) is 16.6. The molecule has 0 saturated carbocycles. The van der Waals surface area contributed by atoms with E-state index in [1.807, 2.05) is 6.07 Å². The lowest BCUT2D eigenvalue weighted by Gasteiger charge is -2.09. The molecule has 1 amide bonds. The van der Waals surface area contributed by atoms with Crippen LogP contribution in [0, 0.1) is 17.1 Å². The number of unbranched alkanes of at least 4 members (excludes halogenated alkanes) is 11. The monoisotopic (exact) mass is 678 g/mol. The molecule has 0 aliphatic carbocycles. The van der Waals surface area contributed by atoms with E-state index < -0.39 is 39.6 Å². The third-order valence-electron chi connectivity index (χ3n) is 7.67. The Morgan fingerprint density at radius 2 is 1.65 bits per heavy atom. The minimum Gasteiger partial charge on any atom is -0.419 e. The number of nitriles is 1. The highest BCUT2D eigenvalue weighted by Crippen LogP contribution is 2.19. The van der Waals surface area contributed by atoms with Crippen LogP contribution in [0.3, 0.4) is 0 Å². The summed E-state index contributed by atoms with van der Waals surface area (Å²) in [5, 5.41) is 14.3. The van der Waals surface area contributed by atoms with Crippen molar-refractivity contribution in [2.24, 2.45) is 0 Å². The minimum atomic E-state index is -1.56. The van der Waals surface area contributed by atoms with Crippen molar-refractivity contribution in [1.82, 2.24) is 10.1 Å². The predicted octanol–water partition coefficient (Wildman–Crippen LogP) is 6.99. The lowest BCUT2D eigenvalue weighted by molar-refractivity contribution is -0.661. The van der Waals surface area contributed by atoms with Gasteiger partial charge in [0.1, 0.15) is 18.1 Å². The number of ether oxygens (including phenoxy) is 1. The van der Waals surface area contributed by atoms with Gasteiger partial charge < -0.3 is 10.1 Å². The Kier molecular flexibility index (Phi) is 16.3. The summed E-state index contributed by atoms with van der Waals surface area (Å²) in [7, 11) is -1.56. The van der Waals surface area contributed by atoms with Crippen molar-refractivity contribution in [3.63, 3.8) is 0 Å². The Morgan fingerprint density at radius 3 is 2.27 bits per heavy atom. The standard InChI is InChI=1S/C36H44FN5O5S/c1-3-4-5-6-7-8-9-10-11-12-13-14-15-16-17-18-33(43)47-31-26-42(29-23-32(48(2)46)30(24-38)39-25-29)41-36(45)34(31)35(44)40-28-21-19-27(37)20-22-28/h10-11,19-23,25-26H,3-9,12-18H2,1-2H3,(H-,40,41,44,45)/p+1/b11-10-. The molecule has 2 aromatic heterocycles. The first kappa shape index (κ1) is 38.0. The van der Waals surface area contributed by atoms with Gasteiger partial charge >= 0.3 is 11.5 Å². The maximum absolute atomic E-state index is 13.4. The Labute approximate surface area is 283 Å². The highest BCUT2D eigenvalue weighted by atomic mass is 32.2. The number of carbonyl (C=O) groups excluding carboxylic acids is 2. The largest absolute Gasteiger partial charge is 0.419 e. The van der Waals surface area contributed by atoms with Crippen molar-refractivity contribution in [3.05, 3.63) is 82.3 Å². The number of amides is 1. The molecule has 12 heteroatoms. The second-order valence-corrected chi connectivity index (χ2v) is 12.9. The number of nitrogens with zero attached hydrogens (tertiary/aromatic N) is 3. The molecule has 0 radical (unpaired) electrons. The van der Waals surface area contributed by atoms with E-state index in [9.17, 15) is 28.2 Å². The van der Waals surface area contributed by atoms with Gasteiger partial charge in [0.15, 0.2) is 11.3 Å². The number of halogens is 1. The summed E-state index contributed by atoms with van der Waals surface area (Å²) >= 11 is 0. The summed E-state index contributed by atoms with van der Waals surface area (Å²) in [6.45, 7) is 2.23. The van der Waals surface area contributed by atoms with Gasteiger partial charge in [-0.25, -0.2) is 9.37 Å². The van der Waals surface area contributed by atoms with Gasteiger partial charge in [0.2, 0.25) is 11.9 Å². The number of aromatic amines is 1. The highest BCUT2D eigenvalue weighted by Gasteiger charge is 2.27. The zero-order valence-electron chi connectivity index (χ0n) is 27.8. The van der Waals surface area contributed by atoms with Crippen molar-refractivity contribution in [2.45, 2.75) is 102 Å². The van der Waals surface area contributed by atoms with Crippen LogP contribution in [-0.4, -0.2) is 32.4 Å². The van der Waals surface area contributed by atoms with E-state index in [0.29, 0.717) is 6.42 Å². The summed E-state index contributed by atoms with van der Waals surface area (Å²) < 4.78 is 32.3. The van der Waals surface area contributed by atoms with Crippen LogP contribution >= 0.6 is 0 Å². The number of hydrogen-bond donors (Lipinski definition) is 2. The molecule has 0 saturated heterocycles. The van der Waals surface area contributed by atoms with Crippen molar-refractivity contribution < 1.29 is 27.6 Å². The van der Waals surface area contributed by atoms with Crippen LogP contribution in [0.25, 0.3) is 5.69 Å². The minimum absolute atomic E-state index is 0.0376. The second kappa shape index (κ2) is 20.7. The molecular weight excluding hydrogens is 633 g/mol. The average Bonchev–Trinajstić information content (AvgIpc) is 3.07. The molecule has 0 bridgehead atoms. The molecule has 0 aliphatic rings. The van der Waals surface area contributed by atoms with Crippen LogP contribution in [0.4, 0.5) is 10.1 Å². The lowest BCUT2D eigenvalue weighted by Crippen LogP contribution is -2.43. The van der Waals surface area contributed by atoms with Crippen molar-refractivity contribution in [2.75, 3.05) is 11.6 Å². The van der Waals surface area contributed by atoms with Crippen molar-refractivity contribution in [1.29, 1.82) is 5.26 Å². The molecule has 0 spiro atoms. The second-order valence-electron chi connectivity index (χ2n) is 11.6. The van der Waals surface area contributed by atoms with Crippen LogP contribution < -0.4 is 20.3 Å². The molecule has 256 valence electrons. The average molecular weight is 679 g/mol. The number of carbonyl (C=O) groups is 2. The van der Waals surface area contributed by atoms with Gasteiger partial charge in [-0.05, 0) is 56.4 Å². The van der Waals surface area contributed by atoms with Crippen LogP contribution in [0.5, 0.6) is 5.75 Å². The number of anilines is 1. The molecular formula is C36H45FN5O5S+. The highest BCUT2D eigenvalue weighted by molar-refractivity contribution is 7.84. The van der Waals surface area contributed by atoms with Gasteiger partial charge in [0, 0.05) is 24.4 Å². The summed E-state index contributed by atoms with van der Waals surface area (Å²) in [4.78, 5) is 43.5. The zero-order valence-corrected chi connectivity index (χ0v) is 28.6. The van der Waals surface area contributed by atoms with E-state index in [-0.39, 0.29) is 34.1 Å². The van der Waals surface area contributed by atoms with Crippen LogP contribution in [-0.2, 0) is 15.6 Å². The van der Waals surface area contributed by atoms with Crippen LogP contribution in [0.1, 0.15) is 113 Å². The third-order valence-corrected chi connectivity index (χ3v) is 8.60. The Morgan fingerprint density at radius 1 is 1.02 bits per heavy atom. The maximum atomic E-state index is 13.4. The topological polar surface area (TPSA) is 146 Å². The first-order chi connectivity index (χ1) is 23.2. The number of nitrogens with one attached hydrogen (secondary N) is 2. The Balaban J connectivity index is 1.61. The van der Waals surface area contributed by atoms with Crippen molar-refractivity contribution >= 4 is 28.4 Å². The maximum Gasteiger partial charge on any atom is 0.315 e. The van der Waals surface area contributed by atoms with Gasteiger partial charge in [0.25, 0.3) is 11.6 Å². The molecule has 0 fully saturated rings. The molecule has 1 unspecified atom stereocenters. The van der Waals surface area contributed by atoms with E-state index in [1.54, 1.807) is 0 Å². The van der Waals surface area contributed by atoms with E-state index in [4.69, 9.17) is 4.74 Å². The molecule has 1 aromatic carbocycles. The number of H-pyrrole nitrogens is 1. The number of hydrogen-bond acceptors (Lipinski definition) is 7. The predicted molar refractivity (Wildman–Crippen MR) is 183 cm³/mol. The summed E-state index contributed by atoms with van der Waals surface area (Å²) in [5.41, 5.74) is -0.936. The molecule has 3 aromatic rings. The van der Waals surface area contributed by atoms with E-state index in [1.165, 1.54) is 80.1 Å². The van der Waals surface area contributed by atoms with Crippen LogP contribution in [0.15, 0.2) is 64.6 Å². The number of benzene rings is 1. The fourth-order valence-electron chi connectivity index (χ4n) is 5.03. The zero-order chi connectivity index (χ0) is 34.7. The fraction of sp³-hybridized carbons (Fsp3) is 0.444. The molecule has 3 rings (SSSR count). The Hall–Kier alpha value is -4.50. The number of esters is 1. The normalized spacial score (nSPS) is 11.7. The SMILES string of the molecule is CCCCCCCC/C=C\CCCCCCCC(=O)Oc1c[n+](-c2cnc(C#N)c(S(C)=O)c2)[nH]c(=O)c1C(=O)Nc1ccc(F)cc1. The summed E-state index contributed by atoms with van der Waals surface area (Å²) in [6, 6.07) is 8.25. The molecule has 2 heterocycles. The number of rotatable bonds is 20. The summed E-state index contributed by atoms with van der Waals surface area (Å²) in [6.07, 6.45) is 23.1. The van der Waals surface area contributed by atoms with E-state index >= 15 is 0 Å². The first-order valence-corrected chi connectivity index (χ1v) is 18.1. The summed E-state index contributed by atoms with van der Waals surface area (Å²) in [5.74, 6) is -2.29. The molecule has 2 N–H and O–H groups in total. The quantitative estimate of drug-likeness (QED) is 0.0567. The molecule has 10 nitrogen and oxygen atoms in total. The van der Waals surface area contributed by atoms with Gasteiger partial charge in [0.05, 0.1) is 15.7 Å². The fourth-order valence-corrected chi connectivity index (χ4v) is 5.69. The number of aromatic nitrogens is 3. The van der Waals surface area contributed by atoms with Gasteiger partial charge in [-0.15, -0.1) is 5.10 Å². The smallest absolute Gasteiger partial charge is 0.315 e. The third kappa shape index (κ3) is 12.6. The molecule has 0 aliphatic heterocycles. The van der Waals surface area contributed by atoms with Gasteiger partial charge in [-0.3, -0.25) is 18.6 Å². The van der Waals surface area contributed by atoms with E-state index in [2.05, 4.69) is 34.5 Å². The number of pyridine rings is 1. The van der Waals surface area contributed by atoms with E-state index in [0.717, 1.165) is 50.7 Å². The van der Waals surface area contributed by atoms with Gasteiger partial charge in [-0.2, -0.15) is 5.26 Å². The molecule has 48 heavy (non-hydrogen) atoms. The Bertz CT molecular complexity index is 1670. The van der Waals surface area contributed by atoms with Crippen molar-refractivity contribution in [3.8, 4) is 17.5 Å².